The summed E-state index contributed by atoms with van der Waals surface area (Å²) in [5, 5.41) is 5.56. The number of likely N-dealkylation sites (tertiary alicyclic amines) is 1. The average Bonchev–Trinajstić information content (AvgIpc) is 3.17. The summed E-state index contributed by atoms with van der Waals surface area (Å²) in [4.78, 5) is 26.5. The van der Waals surface area contributed by atoms with E-state index < -0.39 is 17.5 Å². The van der Waals surface area contributed by atoms with Gasteiger partial charge in [-0.15, -0.1) is 0 Å². The van der Waals surface area contributed by atoms with Gasteiger partial charge in [-0.2, -0.15) is 0 Å². The van der Waals surface area contributed by atoms with Crippen LogP contribution in [-0.4, -0.2) is 36.3 Å². The van der Waals surface area contributed by atoms with Crippen molar-refractivity contribution in [3.63, 3.8) is 0 Å². The summed E-state index contributed by atoms with van der Waals surface area (Å²) in [6.45, 7) is 1.15. The van der Waals surface area contributed by atoms with Gasteiger partial charge in [0.2, 0.25) is 5.91 Å². The number of nitrogens with one attached hydrogen (secondary N) is 2. The monoisotopic (exact) mass is 393 g/mol. The molecule has 2 amide bonds. The Morgan fingerprint density at radius 2 is 1.78 bits per heavy atom. The summed E-state index contributed by atoms with van der Waals surface area (Å²) < 4.78 is 26.8. The fraction of sp³-hybridized carbons (Fsp3) is 0.263. The molecule has 2 N–H and O–H groups in total. The first kappa shape index (κ1) is 19.1. The van der Waals surface area contributed by atoms with E-state index >= 15 is 0 Å². The summed E-state index contributed by atoms with van der Waals surface area (Å²) in [5.41, 5.74) is 0.571. The van der Waals surface area contributed by atoms with Crippen LogP contribution in [0.5, 0.6) is 0 Å². The smallest absolute Gasteiger partial charge is 0.255 e. The first-order chi connectivity index (χ1) is 12.9. The molecule has 1 aliphatic rings. The summed E-state index contributed by atoms with van der Waals surface area (Å²) >= 11 is 6.01. The van der Waals surface area contributed by atoms with Gasteiger partial charge in [0.15, 0.2) is 0 Å². The molecule has 1 saturated heterocycles. The van der Waals surface area contributed by atoms with Gasteiger partial charge in [-0.25, -0.2) is 8.78 Å². The van der Waals surface area contributed by atoms with Gasteiger partial charge in [0.1, 0.15) is 11.6 Å². The SMILES string of the molecule is O=C(CNc1cc(Cl)ccc1C(=O)N1CCCC1)Nc1cc(F)ccc1F. The van der Waals surface area contributed by atoms with E-state index in [0.29, 0.717) is 29.4 Å². The Kier molecular flexibility index (Phi) is 5.91. The fourth-order valence-electron chi connectivity index (χ4n) is 2.90. The molecule has 2 aromatic carbocycles. The van der Waals surface area contributed by atoms with E-state index in [4.69, 9.17) is 11.6 Å². The molecule has 0 bridgehead atoms. The third kappa shape index (κ3) is 4.74. The largest absolute Gasteiger partial charge is 0.375 e. The third-order valence-corrected chi connectivity index (χ3v) is 4.48. The summed E-state index contributed by atoms with van der Waals surface area (Å²) in [7, 11) is 0. The van der Waals surface area contributed by atoms with E-state index in [1.54, 1.807) is 23.1 Å². The van der Waals surface area contributed by atoms with Crippen molar-refractivity contribution in [2.24, 2.45) is 0 Å². The van der Waals surface area contributed by atoms with E-state index in [0.717, 1.165) is 31.0 Å². The molecule has 0 aromatic heterocycles. The fourth-order valence-corrected chi connectivity index (χ4v) is 3.08. The van der Waals surface area contributed by atoms with Gasteiger partial charge in [0.25, 0.3) is 5.91 Å². The van der Waals surface area contributed by atoms with Crippen molar-refractivity contribution >= 4 is 34.8 Å². The second-order valence-electron chi connectivity index (χ2n) is 6.22. The van der Waals surface area contributed by atoms with Gasteiger partial charge in [-0.3, -0.25) is 9.59 Å². The number of amides is 2. The topological polar surface area (TPSA) is 61.4 Å². The van der Waals surface area contributed by atoms with Gasteiger partial charge < -0.3 is 15.5 Å². The molecule has 0 unspecified atom stereocenters. The molecule has 5 nitrogen and oxygen atoms in total. The van der Waals surface area contributed by atoms with E-state index in [1.165, 1.54) is 0 Å². The number of halogens is 3. The number of anilines is 2. The number of rotatable bonds is 5. The van der Waals surface area contributed by atoms with Crippen LogP contribution < -0.4 is 10.6 Å². The normalized spacial score (nSPS) is 13.5. The van der Waals surface area contributed by atoms with Gasteiger partial charge in [-0.05, 0) is 43.2 Å². The quantitative estimate of drug-likeness (QED) is 0.809. The van der Waals surface area contributed by atoms with Gasteiger partial charge in [-0.1, -0.05) is 11.6 Å². The highest BCUT2D eigenvalue weighted by Crippen LogP contribution is 2.24. The maximum atomic E-state index is 13.6. The predicted molar refractivity (Wildman–Crippen MR) is 100 cm³/mol. The van der Waals surface area contributed by atoms with Crippen LogP contribution in [0.2, 0.25) is 5.02 Å². The molecule has 0 atom stereocenters. The Labute approximate surface area is 160 Å². The zero-order valence-corrected chi connectivity index (χ0v) is 15.2. The van der Waals surface area contributed by atoms with Crippen LogP contribution >= 0.6 is 11.6 Å². The molecule has 0 saturated carbocycles. The minimum absolute atomic E-state index is 0.136. The standard InChI is InChI=1S/C19H18ClF2N3O2/c20-12-3-5-14(19(27)25-7-1-2-8-25)16(9-12)23-11-18(26)24-17-10-13(21)4-6-15(17)22/h3-6,9-10,23H,1-2,7-8,11H2,(H,24,26). The van der Waals surface area contributed by atoms with Crippen molar-refractivity contribution in [1.29, 1.82) is 0 Å². The maximum absolute atomic E-state index is 13.6. The minimum atomic E-state index is -0.739. The van der Waals surface area contributed by atoms with Crippen molar-refractivity contribution < 1.29 is 18.4 Å². The zero-order chi connectivity index (χ0) is 19.4. The lowest BCUT2D eigenvalue weighted by Gasteiger charge is -2.18. The van der Waals surface area contributed by atoms with Crippen LogP contribution in [0.4, 0.5) is 20.2 Å². The van der Waals surface area contributed by atoms with E-state index in [9.17, 15) is 18.4 Å². The van der Waals surface area contributed by atoms with E-state index in [-0.39, 0.29) is 18.1 Å². The van der Waals surface area contributed by atoms with Crippen LogP contribution in [0.3, 0.4) is 0 Å². The number of hydrogen-bond acceptors (Lipinski definition) is 3. The van der Waals surface area contributed by atoms with Crippen molar-refractivity contribution in [3.05, 3.63) is 58.6 Å². The lowest BCUT2D eigenvalue weighted by molar-refractivity contribution is -0.114. The van der Waals surface area contributed by atoms with Crippen LogP contribution in [0.25, 0.3) is 0 Å². The summed E-state index contributed by atoms with van der Waals surface area (Å²) in [5.74, 6) is -2.12. The van der Waals surface area contributed by atoms with Crippen LogP contribution in [0.15, 0.2) is 36.4 Å². The molecule has 0 aliphatic carbocycles. The maximum Gasteiger partial charge on any atom is 0.255 e. The zero-order valence-electron chi connectivity index (χ0n) is 14.4. The predicted octanol–water partition coefficient (Wildman–Crippen LogP) is 3.90. The Morgan fingerprint density at radius 3 is 2.52 bits per heavy atom. The van der Waals surface area contributed by atoms with E-state index in [2.05, 4.69) is 10.6 Å². The first-order valence-corrected chi connectivity index (χ1v) is 8.89. The second-order valence-corrected chi connectivity index (χ2v) is 6.65. The number of carbonyl (C=O) groups excluding carboxylic acids is 2. The molecule has 1 fully saturated rings. The van der Waals surface area contributed by atoms with Crippen molar-refractivity contribution in [2.75, 3.05) is 30.3 Å². The van der Waals surface area contributed by atoms with Crippen molar-refractivity contribution in [2.45, 2.75) is 12.8 Å². The minimum Gasteiger partial charge on any atom is -0.375 e. The molecule has 2 aromatic rings. The molecule has 8 heteroatoms. The molecule has 0 spiro atoms. The number of carbonyl (C=O) groups is 2. The average molecular weight is 394 g/mol. The second kappa shape index (κ2) is 8.35. The molecule has 0 radical (unpaired) electrons. The third-order valence-electron chi connectivity index (χ3n) is 4.25. The van der Waals surface area contributed by atoms with Crippen LogP contribution in [-0.2, 0) is 4.79 Å². The molecule has 1 aliphatic heterocycles. The van der Waals surface area contributed by atoms with Crippen LogP contribution in [0.1, 0.15) is 23.2 Å². The molecular weight excluding hydrogens is 376 g/mol. The molecule has 27 heavy (non-hydrogen) atoms. The number of benzene rings is 2. The molecule has 1 heterocycles. The Morgan fingerprint density at radius 1 is 1.04 bits per heavy atom. The van der Waals surface area contributed by atoms with E-state index in [1.807, 2.05) is 0 Å². The van der Waals surface area contributed by atoms with Gasteiger partial charge in [0.05, 0.1) is 17.8 Å². The summed E-state index contributed by atoms with van der Waals surface area (Å²) in [6.07, 6.45) is 1.92. The van der Waals surface area contributed by atoms with Crippen molar-refractivity contribution in [1.82, 2.24) is 4.90 Å². The Bertz CT molecular complexity index is 870. The number of hydrogen-bond donors (Lipinski definition) is 2. The van der Waals surface area contributed by atoms with Crippen molar-refractivity contribution in [3.8, 4) is 0 Å². The molecule has 3 rings (SSSR count). The Balaban J connectivity index is 1.69. The highest BCUT2D eigenvalue weighted by molar-refractivity contribution is 6.31. The highest BCUT2D eigenvalue weighted by Gasteiger charge is 2.22. The Hall–Kier alpha value is -2.67. The molecule has 142 valence electrons. The highest BCUT2D eigenvalue weighted by atomic mass is 35.5. The van der Waals surface area contributed by atoms with Crippen LogP contribution in [0, 0.1) is 11.6 Å². The molecular formula is C19H18ClF2N3O2. The summed E-state index contributed by atoms with van der Waals surface area (Å²) in [6, 6.07) is 7.57. The first-order valence-electron chi connectivity index (χ1n) is 8.51. The number of nitrogens with zero attached hydrogens (tertiary/aromatic N) is 1. The van der Waals surface area contributed by atoms with Gasteiger partial charge >= 0.3 is 0 Å². The lowest BCUT2D eigenvalue weighted by Crippen LogP contribution is -2.29. The lowest BCUT2D eigenvalue weighted by atomic mass is 10.1. The van der Waals surface area contributed by atoms with Gasteiger partial charge in [0, 0.05) is 29.9 Å².